The third kappa shape index (κ3) is 2.85. The second-order valence-corrected chi connectivity index (χ2v) is 6.51. The highest BCUT2D eigenvalue weighted by molar-refractivity contribution is 5.99. The van der Waals surface area contributed by atoms with Crippen LogP contribution < -0.4 is 4.74 Å². The van der Waals surface area contributed by atoms with Gasteiger partial charge in [-0.2, -0.15) is 0 Å². The van der Waals surface area contributed by atoms with Gasteiger partial charge in [0.1, 0.15) is 11.9 Å². The van der Waals surface area contributed by atoms with Crippen LogP contribution in [0.1, 0.15) is 34.3 Å². The van der Waals surface area contributed by atoms with E-state index in [1.807, 2.05) is 73.7 Å². The van der Waals surface area contributed by atoms with Gasteiger partial charge in [0, 0.05) is 17.0 Å². The molecule has 0 radical (unpaired) electrons. The molecule has 25 heavy (non-hydrogen) atoms. The first kappa shape index (κ1) is 15.6. The monoisotopic (exact) mass is 328 g/mol. The number of Topliss-reactive ketones (excluding diaryl/α,β-unsaturated/α-hetero) is 1. The van der Waals surface area contributed by atoms with Gasteiger partial charge in [-0.1, -0.05) is 78.9 Å². The Hall–Kier alpha value is -2.87. The Kier molecular flexibility index (Phi) is 4.10. The molecule has 0 N–H and O–H groups in total. The van der Waals surface area contributed by atoms with Gasteiger partial charge >= 0.3 is 0 Å². The third-order valence-corrected chi connectivity index (χ3v) is 4.95. The topological polar surface area (TPSA) is 26.3 Å². The molecule has 1 heterocycles. The van der Waals surface area contributed by atoms with Crippen molar-refractivity contribution in [3.05, 3.63) is 102 Å². The molecule has 0 aliphatic carbocycles. The normalized spacial score (nSPS) is 21.9. The molecule has 2 heteroatoms. The van der Waals surface area contributed by atoms with E-state index in [9.17, 15) is 4.79 Å². The van der Waals surface area contributed by atoms with Crippen molar-refractivity contribution in [1.82, 2.24) is 0 Å². The number of carbonyl (C=O) groups is 1. The van der Waals surface area contributed by atoms with Crippen LogP contribution in [0.15, 0.2) is 84.9 Å². The molecule has 0 saturated heterocycles. The van der Waals surface area contributed by atoms with Gasteiger partial charge in [-0.05, 0) is 18.6 Å². The Morgan fingerprint density at radius 1 is 0.800 bits per heavy atom. The van der Waals surface area contributed by atoms with Crippen LogP contribution in [0, 0.1) is 5.92 Å². The van der Waals surface area contributed by atoms with Crippen molar-refractivity contribution in [3.63, 3.8) is 0 Å². The maximum absolute atomic E-state index is 13.3. The summed E-state index contributed by atoms with van der Waals surface area (Å²) in [6, 6.07) is 27.9. The van der Waals surface area contributed by atoms with Crippen molar-refractivity contribution < 1.29 is 9.53 Å². The van der Waals surface area contributed by atoms with Gasteiger partial charge in [0.25, 0.3) is 0 Å². The fourth-order valence-electron chi connectivity index (χ4n) is 3.79. The number of ketones is 1. The SMILES string of the molecule is CC1Oc2ccccc2C(c2ccccc2)C1C(=O)c1ccccc1. The molecule has 3 unspecified atom stereocenters. The van der Waals surface area contributed by atoms with Gasteiger partial charge in [0.15, 0.2) is 5.78 Å². The summed E-state index contributed by atoms with van der Waals surface area (Å²) < 4.78 is 6.12. The van der Waals surface area contributed by atoms with Crippen molar-refractivity contribution in [3.8, 4) is 5.75 Å². The predicted molar refractivity (Wildman–Crippen MR) is 99.1 cm³/mol. The highest BCUT2D eigenvalue weighted by Crippen LogP contribution is 2.45. The summed E-state index contributed by atoms with van der Waals surface area (Å²) in [5, 5.41) is 0. The summed E-state index contributed by atoms with van der Waals surface area (Å²) in [4.78, 5) is 13.3. The van der Waals surface area contributed by atoms with Crippen LogP contribution >= 0.6 is 0 Å². The molecule has 0 bridgehead atoms. The Morgan fingerprint density at radius 3 is 2.12 bits per heavy atom. The van der Waals surface area contributed by atoms with E-state index < -0.39 is 0 Å². The summed E-state index contributed by atoms with van der Waals surface area (Å²) in [6.45, 7) is 2.00. The second kappa shape index (κ2) is 6.56. The quantitative estimate of drug-likeness (QED) is 0.625. The van der Waals surface area contributed by atoms with Crippen LogP contribution in [0.3, 0.4) is 0 Å². The van der Waals surface area contributed by atoms with Crippen LogP contribution in [-0.2, 0) is 0 Å². The molecule has 2 nitrogen and oxygen atoms in total. The zero-order valence-corrected chi connectivity index (χ0v) is 14.1. The number of carbonyl (C=O) groups excluding carboxylic acids is 1. The molecule has 0 aromatic heterocycles. The molecule has 0 fully saturated rings. The molecule has 1 aliphatic heterocycles. The van der Waals surface area contributed by atoms with Gasteiger partial charge in [-0.3, -0.25) is 4.79 Å². The Morgan fingerprint density at radius 2 is 1.40 bits per heavy atom. The molecule has 0 spiro atoms. The number of hydrogen-bond acceptors (Lipinski definition) is 2. The molecule has 0 amide bonds. The molecular weight excluding hydrogens is 308 g/mol. The van der Waals surface area contributed by atoms with Crippen LogP contribution in [0.5, 0.6) is 5.75 Å². The minimum Gasteiger partial charge on any atom is -0.490 e. The van der Waals surface area contributed by atoms with Crippen LogP contribution in [-0.4, -0.2) is 11.9 Å². The Labute approximate surface area is 148 Å². The van der Waals surface area contributed by atoms with Crippen molar-refractivity contribution in [2.75, 3.05) is 0 Å². The molecular formula is C23H20O2. The van der Waals surface area contributed by atoms with E-state index in [0.29, 0.717) is 0 Å². The molecule has 3 atom stereocenters. The lowest BCUT2D eigenvalue weighted by Crippen LogP contribution is -2.39. The number of rotatable bonds is 3. The Balaban J connectivity index is 1.85. The lowest BCUT2D eigenvalue weighted by atomic mass is 9.73. The van der Waals surface area contributed by atoms with E-state index in [1.54, 1.807) is 0 Å². The van der Waals surface area contributed by atoms with Crippen molar-refractivity contribution >= 4 is 5.78 Å². The van der Waals surface area contributed by atoms with Crippen molar-refractivity contribution in [2.24, 2.45) is 5.92 Å². The van der Waals surface area contributed by atoms with E-state index >= 15 is 0 Å². The number of para-hydroxylation sites is 1. The zero-order chi connectivity index (χ0) is 17.2. The lowest BCUT2D eigenvalue weighted by Gasteiger charge is -2.37. The average molecular weight is 328 g/mol. The fraction of sp³-hybridized carbons (Fsp3) is 0.174. The first-order valence-electron chi connectivity index (χ1n) is 8.65. The smallest absolute Gasteiger partial charge is 0.170 e. The number of benzene rings is 3. The van der Waals surface area contributed by atoms with Crippen LogP contribution in [0.25, 0.3) is 0 Å². The molecule has 0 saturated carbocycles. The summed E-state index contributed by atoms with van der Waals surface area (Å²) in [7, 11) is 0. The average Bonchev–Trinajstić information content (AvgIpc) is 2.68. The summed E-state index contributed by atoms with van der Waals surface area (Å²) >= 11 is 0. The zero-order valence-electron chi connectivity index (χ0n) is 14.1. The van der Waals surface area contributed by atoms with Gasteiger partial charge in [0.05, 0.1) is 5.92 Å². The standard InChI is InChI=1S/C23H20O2/c1-16-21(23(24)18-12-6-3-7-13-18)22(17-10-4-2-5-11-17)19-14-8-9-15-20(19)25-16/h2-16,21-22H,1H3. The summed E-state index contributed by atoms with van der Waals surface area (Å²) in [5.41, 5.74) is 2.98. The summed E-state index contributed by atoms with van der Waals surface area (Å²) in [6.07, 6.45) is -0.187. The minimum atomic E-state index is -0.250. The molecule has 4 rings (SSSR count). The lowest BCUT2D eigenvalue weighted by molar-refractivity contribution is 0.0690. The van der Waals surface area contributed by atoms with Gasteiger partial charge in [0.2, 0.25) is 0 Å². The van der Waals surface area contributed by atoms with Gasteiger partial charge in [-0.25, -0.2) is 0 Å². The van der Waals surface area contributed by atoms with E-state index in [2.05, 4.69) is 18.2 Å². The number of fused-ring (bicyclic) bond motifs is 1. The highest BCUT2D eigenvalue weighted by Gasteiger charge is 2.41. The maximum atomic E-state index is 13.3. The number of hydrogen-bond donors (Lipinski definition) is 0. The first-order valence-corrected chi connectivity index (χ1v) is 8.65. The van der Waals surface area contributed by atoms with E-state index in [-0.39, 0.29) is 23.7 Å². The molecule has 3 aromatic rings. The maximum Gasteiger partial charge on any atom is 0.170 e. The second-order valence-electron chi connectivity index (χ2n) is 6.51. The molecule has 3 aromatic carbocycles. The summed E-state index contributed by atoms with van der Waals surface area (Å²) in [5.74, 6) is 0.756. The Bertz CT molecular complexity index is 871. The minimum absolute atomic E-state index is 0.00569. The van der Waals surface area contributed by atoms with Crippen molar-refractivity contribution in [2.45, 2.75) is 18.9 Å². The van der Waals surface area contributed by atoms with Gasteiger partial charge in [-0.15, -0.1) is 0 Å². The highest BCUT2D eigenvalue weighted by atomic mass is 16.5. The fourth-order valence-corrected chi connectivity index (χ4v) is 3.79. The van der Waals surface area contributed by atoms with E-state index in [4.69, 9.17) is 4.74 Å². The molecule has 124 valence electrons. The first-order chi connectivity index (χ1) is 12.3. The van der Waals surface area contributed by atoms with Crippen LogP contribution in [0.2, 0.25) is 0 Å². The van der Waals surface area contributed by atoms with Gasteiger partial charge < -0.3 is 4.74 Å². The van der Waals surface area contributed by atoms with E-state index in [1.165, 1.54) is 0 Å². The number of ether oxygens (including phenoxy) is 1. The predicted octanol–water partition coefficient (Wildman–Crippen LogP) is 5.10. The van der Waals surface area contributed by atoms with E-state index in [0.717, 1.165) is 22.4 Å². The molecule has 1 aliphatic rings. The third-order valence-electron chi connectivity index (χ3n) is 4.95. The largest absolute Gasteiger partial charge is 0.490 e. The van der Waals surface area contributed by atoms with Crippen molar-refractivity contribution in [1.29, 1.82) is 0 Å². The van der Waals surface area contributed by atoms with Crippen LogP contribution in [0.4, 0.5) is 0 Å².